The molecule has 0 spiro atoms. The Bertz CT molecular complexity index is 1510. The van der Waals surface area contributed by atoms with Crippen LogP contribution in [0.3, 0.4) is 0 Å². The summed E-state index contributed by atoms with van der Waals surface area (Å²) >= 11 is 0. The van der Waals surface area contributed by atoms with Gasteiger partial charge in [0.2, 0.25) is 0 Å². The third-order valence-corrected chi connectivity index (χ3v) is 8.59. The van der Waals surface area contributed by atoms with Gasteiger partial charge in [-0.25, -0.2) is 0 Å². The highest BCUT2D eigenvalue weighted by Gasteiger charge is 2.31. The minimum absolute atomic E-state index is 0.0262. The number of rotatable bonds is 16. The second-order valence-electron chi connectivity index (χ2n) is 12.1. The van der Waals surface area contributed by atoms with Gasteiger partial charge in [0.1, 0.15) is 73.8 Å². The molecule has 0 N–H and O–H groups in total. The lowest BCUT2D eigenvalue weighted by molar-refractivity contribution is 0.257. The first kappa shape index (κ1) is 28.0. The van der Waals surface area contributed by atoms with Crippen LogP contribution in [0.1, 0.15) is 36.8 Å². The van der Waals surface area contributed by atoms with Crippen molar-refractivity contribution in [2.24, 2.45) is 0 Å². The van der Waals surface area contributed by atoms with Crippen LogP contribution in [-0.2, 0) is 18.9 Å². The quantitative estimate of drug-likeness (QED) is 0.144. The van der Waals surface area contributed by atoms with Gasteiger partial charge in [0.05, 0.1) is 26.4 Å². The maximum Gasteiger partial charge on any atom is 0.123 e. The predicted molar refractivity (Wildman–Crippen MR) is 166 cm³/mol. The first-order valence-corrected chi connectivity index (χ1v) is 15.8. The Hall–Kier alpha value is -3.56. The molecule has 230 valence electrons. The highest BCUT2D eigenvalue weighted by atomic mass is 16.6. The van der Waals surface area contributed by atoms with E-state index in [0.29, 0.717) is 26.4 Å². The molecular weight excluding hydrogens is 560 g/mol. The van der Waals surface area contributed by atoms with Gasteiger partial charge in [-0.1, -0.05) is 37.6 Å². The van der Waals surface area contributed by atoms with Gasteiger partial charge in [-0.05, 0) is 64.4 Å². The van der Waals surface area contributed by atoms with E-state index < -0.39 is 0 Å². The van der Waals surface area contributed by atoms with E-state index in [1.165, 1.54) is 0 Å². The molecule has 8 nitrogen and oxygen atoms in total. The molecule has 44 heavy (non-hydrogen) atoms. The van der Waals surface area contributed by atoms with Gasteiger partial charge in [-0.2, -0.15) is 0 Å². The molecule has 4 aliphatic rings. The van der Waals surface area contributed by atoms with Crippen LogP contribution in [0, 0.1) is 0 Å². The summed E-state index contributed by atoms with van der Waals surface area (Å²) in [6, 6.07) is 21.1. The number of benzene rings is 4. The van der Waals surface area contributed by atoms with Crippen LogP contribution in [-0.4, -0.2) is 77.3 Å². The van der Waals surface area contributed by atoms with Crippen molar-refractivity contribution >= 4 is 21.5 Å². The van der Waals surface area contributed by atoms with Gasteiger partial charge in [-0.3, -0.25) is 0 Å². The lowest BCUT2D eigenvalue weighted by Gasteiger charge is -2.26. The Kier molecular flexibility index (Phi) is 7.68. The van der Waals surface area contributed by atoms with Gasteiger partial charge >= 0.3 is 0 Å². The normalized spacial score (nSPS) is 23.8. The van der Waals surface area contributed by atoms with Crippen molar-refractivity contribution in [1.29, 1.82) is 0 Å². The average Bonchev–Trinajstić information content (AvgIpc) is 3.88. The Morgan fingerprint density at radius 2 is 0.955 bits per heavy atom. The second kappa shape index (κ2) is 12.1. The molecule has 8 rings (SSSR count). The number of fused-ring (bicyclic) bond motifs is 2. The topological polar surface area (TPSA) is 87.0 Å². The Morgan fingerprint density at radius 3 is 1.34 bits per heavy atom. The van der Waals surface area contributed by atoms with Crippen LogP contribution < -0.4 is 18.9 Å². The molecule has 0 radical (unpaired) electrons. The van der Waals surface area contributed by atoms with Crippen molar-refractivity contribution in [3.05, 3.63) is 71.8 Å². The molecule has 0 amide bonds. The fraction of sp³-hybridized carbons (Fsp3) is 0.444. The van der Waals surface area contributed by atoms with Crippen LogP contribution in [0.2, 0.25) is 0 Å². The van der Waals surface area contributed by atoms with E-state index in [2.05, 4.69) is 55.5 Å². The molecule has 0 aliphatic carbocycles. The molecule has 4 heterocycles. The van der Waals surface area contributed by atoms with Crippen LogP contribution in [0.25, 0.3) is 21.5 Å². The predicted octanol–water partition coefficient (Wildman–Crippen LogP) is 6.04. The second-order valence-corrected chi connectivity index (χ2v) is 12.1. The summed E-state index contributed by atoms with van der Waals surface area (Å²) in [6.07, 6.45) is 2.51. The zero-order chi connectivity index (χ0) is 29.5. The minimum Gasteiger partial charge on any atom is -0.491 e. The molecule has 0 bridgehead atoms. The Labute approximate surface area is 257 Å². The van der Waals surface area contributed by atoms with Gasteiger partial charge in [0, 0.05) is 17.0 Å². The summed E-state index contributed by atoms with van der Waals surface area (Å²) in [4.78, 5) is 0. The van der Waals surface area contributed by atoms with Crippen molar-refractivity contribution in [2.45, 2.75) is 50.1 Å². The van der Waals surface area contributed by atoms with Crippen LogP contribution in [0.5, 0.6) is 23.0 Å². The molecule has 4 unspecified atom stereocenters. The van der Waals surface area contributed by atoms with Gasteiger partial charge in [0.15, 0.2) is 0 Å². The Morgan fingerprint density at radius 1 is 0.568 bits per heavy atom. The highest BCUT2D eigenvalue weighted by molar-refractivity contribution is 5.94. The van der Waals surface area contributed by atoms with Crippen LogP contribution in [0.15, 0.2) is 60.7 Å². The Balaban J connectivity index is 1.28. The van der Waals surface area contributed by atoms with Crippen molar-refractivity contribution in [3.8, 4) is 23.0 Å². The van der Waals surface area contributed by atoms with Crippen molar-refractivity contribution < 1.29 is 37.9 Å². The van der Waals surface area contributed by atoms with Crippen molar-refractivity contribution in [2.75, 3.05) is 52.9 Å². The van der Waals surface area contributed by atoms with E-state index in [9.17, 15) is 0 Å². The molecule has 4 atom stereocenters. The third-order valence-electron chi connectivity index (χ3n) is 8.59. The van der Waals surface area contributed by atoms with E-state index in [-0.39, 0.29) is 30.3 Å². The van der Waals surface area contributed by atoms with Crippen molar-refractivity contribution in [3.63, 3.8) is 0 Å². The van der Waals surface area contributed by atoms with E-state index >= 15 is 0 Å². The van der Waals surface area contributed by atoms with Crippen molar-refractivity contribution in [1.82, 2.24) is 0 Å². The number of hydrogen-bond acceptors (Lipinski definition) is 8. The number of hydrogen-bond donors (Lipinski definition) is 0. The third kappa shape index (κ3) is 6.44. The fourth-order valence-corrected chi connectivity index (χ4v) is 5.88. The van der Waals surface area contributed by atoms with Gasteiger partial charge < -0.3 is 37.9 Å². The molecule has 4 aliphatic heterocycles. The molecule has 4 fully saturated rings. The van der Waals surface area contributed by atoms with E-state index in [4.69, 9.17) is 37.9 Å². The number of epoxide rings is 4. The lowest BCUT2D eigenvalue weighted by Crippen LogP contribution is -2.13. The van der Waals surface area contributed by atoms with E-state index in [1.54, 1.807) is 0 Å². The van der Waals surface area contributed by atoms with Crippen LogP contribution >= 0.6 is 0 Å². The smallest absolute Gasteiger partial charge is 0.123 e. The molecule has 8 heteroatoms. The summed E-state index contributed by atoms with van der Waals surface area (Å²) < 4.78 is 47.2. The van der Waals surface area contributed by atoms with Gasteiger partial charge in [0.25, 0.3) is 0 Å². The summed E-state index contributed by atoms with van der Waals surface area (Å²) in [7, 11) is 0. The zero-order valence-electron chi connectivity index (χ0n) is 25.0. The molecule has 4 saturated heterocycles. The lowest BCUT2D eigenvalue weighted by atomic mass is 9.81. The zero-order valence-corrected chi connectivity index (χ0v) is 25.0. The van der Waals surface area contributed by atoms with Gasteiger partial charge in [-0.15, -0.1) is 0 Å². The van der Waals surface area contributed by atoms with E-state index in [1.807, 2.05) is 12.1 Å². The summed E-state index contributed by atoms with van der Waals surface area (Å²) in [6.45, 7) is 7.36. The highest BCUT2D eigenvalue weighted by Crippen LogP contribution is 2.47. The molecule has 4 aromatic rings. The minimum atomic E-state index is -0.0262. The molecular formula is C36H38O8. The first-order chi connectivity index (χ1) is 21.7. The summed E-state index contributed by atoms with van der Waals surface area (Å²) in [5.41, 5.74) is 2.27. The number of ether oxygens (including phenoxy) is 8. The van der Waals surface area contributed by atoms with E-state index in [0.717, 1.165) is 94.9 Å². The molecule has 0 aromatic heterocycles. The standard InChI is InChI=1S/C36H38O8/c1-2-3-30(35-31-12-24(37-14-26-16-39-26)8-4-22(31)6-10-33(35)43-20-28-18-41-28)36-32-13-25(38-15-27-17-40-27)9-5-23(32)7-11-34(36)44-21-29-19-42-29/h4-13,26-30H,2-3,14-21H2,1H3. The SMILES string of the molecule is CCCC(c1c(OCC2CO2)ccc2ccc(OCC3CO3)cc12)c1c(OCC2CO2)ccc2ccc(OCC3CO3)cc12. The largest absolute Gasteiger partial charge is 0.491 e. The summed E-state index contributed by atoms with van der Waals surface area (Å²) in [5, 5.41) is 4.49. The van der Waals surface area contributed by atoms with Crippen LogP contribution in [0.4, 0.5) is 0 Å². The average molecular weight is 599 g/mol. The molecule has 0 saturated carbocycles. The maximum atomic E-state index is 6.54. The first-order valence-electron chi connectivity index (χ1n) is 15.8. The fourth-order valence-electron chi connectivity index (χ4n) is 5.88. The maximum absolute atomic E-state index is 6.54. The summed E-state index contributed by atoms with van der Waals surface area (Å²) in [5.74, 6) is 3.35. The monoisotopic (exact) mass is 598 g/mol. The molecule has 4 aromatic carbocycles.